The second-order valence-corrected chi connectivity index (χ2v) is 7.49. The van der Waals surface area contributed by atoms with Crippen molar-refractivity contribution in [1.29, 1.82) is 0 Å². The van der Waals surface area contributed by atoms with Gasteiger partial charge in [-0.1, -0.05) is 11.2 Å². The molecule has 0 spiro atoms. The van der Waals surface area contributed by atoms with E-state index in [2.05, 4.69) is 25.0 Å². The Morgan fingerprint density at radius 3 is 2.66 bits per heavy atom. The maximum Gasteiger partial charge on any atom is 0.573 e. The highest BCUT2D eigenvalue weighted by Crippen LogP contribution is 2.30. The van der Waals surface area contributed by atoms with Crippen molar-refractivity contribution in [2.24, 2.45) is 5.10 Å². The smallest absolute Gasteiger partial charge is 0.403 e. The summed E-state index contributed by atoms with van der Waals surface area (Å²) in [7, 11) is 0. The van der Waals surface area contributed by atoms with E-state index in [-0.39, 0.29) is 35.7 Å². The zero-order valence-electron chi connectivity index (χ0n) is 17.4. The van der Waals surface area contributed by atoms with Crippen molar-refractivity contribution in [2.45, 2.75) is 19.5 Å². The molecular formula is C22H13F6N5O2. The molecule has 2 aromatic carbocycles. The number of nitrogens with one attached hydrogen (secondary N) is 1. The van der Waals surface area contributed by atoms with Gasteiger partial charge >= 0.3 is 6.36 Å². The minimum Gasteiger partial charge on any atom is -0.403 e. The van der Waals surface area contributed by atoms with E-state index in [4.69, 9.17) is 4.52 Å². The summed E-state index contributed by atoms with van der Waals surface area (Å²) in [4.78, 5) is 7.22. The van der Waals surface area contributed by atoms with Gasteiger partial charge in [-0.05, 0) is 30.3 Å². The Hall–Kier alpha value is -4.29. The maximum atomic E-state index is 14.1. The molecule has 0 fully saturated rings. The Labute approximate surface area is 192 Å². The second-order valence-electron chi connectivity index (χ2n) is 7.49. The summed E-state index contributed by atoms with van der Waals surface area (Å²) >= 11 is 0. The number of nitrogens with zero attached hydrogens (tertiary/aromatic N) is 4. The number of rotatable bonds is 5. The normalized spacial score (nSPS) is 13.3. The molecule has 1 aliphatic rings. The molecule has 7 nitrogen and oxygen atoms in total. The first-order valence-electron chi connectivity index (χ1n) is 10.00. The third kappa shape index (κ3) is 4.69. The second kappa shape index (κ2) is 8.49. The fourth-order valence-electron chi connectivity index (χ4n) is 3.49. The number of benzene rings is 2. The number of alkyl halides is 3. The molecule has 0 bridgehead atoms. The van der Waals surface area contributed by atoms with Gasteiger partial charge in [0.25, 0.3) is 0 Å². The Morgan fingerprint density at radius 1 is 1.06 bits per heavy atom. The summed E-state index contributed by atoms with van der Waals surface area (Å²) in [5, 5.41) is 9.65. The summed E-state index contributed by atoms with van der Waals surface area (Å²) in [6.45, 7) is 0.382. The lowest BCUT2D eigenvalue weighted by Gasteiger charge is -2.19. The summed E-state index contributed by atoms with van der Waals surface area (Å²) in [5.41, 5.74) is 1.45. The molecule has 0 radical (unpaired) electrons. The minimum atomic E-state index is -5.01. The fraction of sp³-hybridized carbons (Fsp3) is 0.136. The molecule has 1 N–H and O–H groups in total. The van der Waals surface area contributed by atoms with E-state index < -0.39 is 29.6 Å². The average Bonchev–Trinajstić information content (AvgIpc) is 3.43. The molecule has 3 heterocycles. The third-order valence-electron chi connectivity index (χ3n) is 5.05. The molecule has 2 aromatic heterocycles. The van der Waals surface area contributed by atoms with Crippen LogP contribution >= 0.6 is 0 Å². The van der Waals surface area contributed by atoms with Gasteiger partial charge in [0.1, 0.15) is 17.2 Å². The van der Waals surface area contributed by atoms with E-state index in [0.29, 0.717) is 17.1 Å². The topological polar surface area (TPSA) is 79.5 Å². The molecule has 0 unspecified atom stereocenters. The number of fused-ring (bicyclic) bond motifs is 1. The summed E-state index contributed by atoms with van der Waals surface area (Å²) < 4.78 is 87.4. The van der Waals surface area contributed by atoms with Crippen LogP contribution in [0.25, 0.3) is 22.6 Å². The molecule has 0 saturated heterocycles. The number of halogens is 6. The van der Waals surface area contributed by atoms with E-state index in [1.807, 2.05) is 0 Å². The molecule has 13 heteroatoms. The van der Waals surface area contributed by atoms with E-state index >= 15 is 0 Å². The van der Waals surface area contributed by atoms with Crippen LogP contribution < -0.4 is 4.74 Å². The third-order valence-corrected chi connectivity index (χ3v) is 5.05. The molecule has 0 atom stereocenters. The van der Waals surface area contributed by atoms with Crippen LogP contribution in [0.3, 0.4) is 0 Å². The van der Waals surface area contributed by atoms with Gasteiger partial charge in [0.2, 0.25) is 0 Å². The largest absolute Gasteiger partial charge is 0.573 e. The standard InChI is InChI=1S/C22H13F6N5O2/c23-14-3-1-2-13(20(14)25)21-30-17-8-29-33(10-18(17)31-21)9-12-7-16(32-35-12)11-4-5-19(15(24)6-11)34-22(26,27)28/h1-8H,9-10H2,(H,30,31). The Morgan fingerprint density at radius 2 is 1.89 bits per heavy atom. The summed E-state index contributed by atoms with van der Waals surface area (Å²) in [5.74, 6) is -3.68. The molecule has 1 aliphatic heterocycles. The number of H-pyrrole nitrogens is 1. The fourth-order valence-corrected chi connectivity index (χ4v) is 3.49. The molecule has 5 rings (SSSR count). The van der Waals surface area contributed by atoms with Crippen molar-refractivity contribution < 1.29 is 35.6 Å². The molecule has 4 aromatic rings. The van der Waals surface area contributed by atoms with Gasteiger partial charge in [-0.15, -0.1) is 13.2 Å². The van der Waals surface area contributed by atoms with Gasteiger partial charge in [-0.3, -0.25) is 5.01 Å². The van der Waals surface area contributed by atoms with Crippen LogP contribution in [0.5, 0.6) is 5.75 Å². The zero-order chi connectivity index (χ0) is 24.7. The van der Waals surface area contributed by atoms with Crippen LogP contribution in [-0.4, -0.2) is 32.7 Å². The van der Waals surface area contributed by atoms with Gasteiger partial charge in [-0.2, -0.15) is 5.10 Å². The number of hydrogen-bond acceptors (Lipinski definition) is 6. The Kier molecular flexibility index (Phi) is 5.46. The monoisotopic (exact) mass is 493 g/mol. The number of hydrogen-bond donors (Lipinski definition) is 1. The summed E-state index contributed by atoms with van der Waals surface area (Å²) in [6, 6.07) is 8.19. The van der Waals surface area contributed by atoms with Crippen LogP contribution in [-0.2, 0) is 13.1 Å². The van der Waals surface area contributed by atoms with E-state index in [1.54, 1.807) is 5.01 Å². The highest BCUT2D eigenvalue weighted by molar-refractivity contribution is 5.80. The van der Waals surface area contributed by atoms with Crippen LogP contribution in [0.2, 0.25) is 0 Å². The lowest BCUT2D eigenvalue weighted by atomic mass is 10.1. The molecule has 0 aliphatic carbocycles. The van der Waals surface area contributed by atoms with Gasteiger partial charge < -0.3 is 14.2 Å². The summed E-state index contributed by atoms with van der Waals surface area (Å²) in [6.07, 6.45) is -3.57. The van der Waals surface area contributed by atoms with Crippen molar-refractivity contribution in [1.82, 2.24) is 20.1 Å². The molecule has 0 saturated carbocycles. The van der Waals surface area contributed by atoms with Gasteiger partial charge in [0, 0.05) is 11.6 Å². The Bertz CT molecular complexity index is 1430. The highest BCUT2D eigenvalue weighted by Gasteiger charge is 2.32. The minimum absolute atomic E-state index is 0.0156. The average molecular weight is 493 g/mol. The number of aromatic amines is 1. The van der Waals surface area contributed by atoms with Crippen molar-refractivity contribution >= 4 is 6.21 Å². The van der Waals surface area contributed by atoms with Gasteiger partial charge in [-0.25, -0.2) is 18.2 Å². The number of imidazole rings is 1. The molecular weight excluding hydrogens is 480 g/mol. The maximum absolute atomic E-state index is 14.1. The lowest BCUT2D eigenvalue weighted by molar-refractivity contribution is -0.275. The first-order chi connectivity index (χ1) is 16.7. The number of ether oxygens (including phenoxy) is 1. The van der Waals surface area contributed by atoms with Gasteiger partial charge in [0.15, 0.2) is 29.0 Å². The zero-order valence-corrected chi connectivity index (χ0v) is 17.4. The first-order valence-corrected chi connectivity index (χ1v) is 10.00. The molecule has 0 amide bonds. The molecule has 180 valence electrons. The van der Waals surface area contributed by atoms with Crippen LogP contribution in [0.15, 0.2) is 52.1 Å². The first kappa shape index (κ1) is 22.5. The molecule has 35 heavy (non-hydrogen) atoms. The van der Waals surface area contributed by atoms with Crippen molar-refractivity contribution in [2.75, 3.05) is 0 Å². The number of aromatic nitrogens is 3. The predicted octanol–water partition coefficient (Wildman–Crippen LogP) is 5.40. The van der Waals surface area contributed by atoms with Crippen LogP contribution in [0.4, 0.5) is 26.3 Å². The Balaban J connectivity index is 1.29. The van der Waals surface area contributed by atoms with E-state index in [9.17, 15) is 26.3 Å². The van der Waals surface area contributed by atoms with E-state index in [0.717, 1.165) is 18.2 Å². The number of hydrazone groups is 1. The van der Waals surface area contributed by atoms with Crippen molar-refractivity contribution in [3.8, 4) is 28.4 Å². The van der Waals surface area contributed by atoms with Crippen LogP contribution in [0, 0.1) is 17.5 Å². The van der Waals surface area contributed by atoms with Crippen molar-refractivity contribution in [3.63, 3.8) is 0 Å². The van der Waals surface area contributed by atoms with E-state index in [1.165, 1.54) is 30.5 Å². The lowest BCUT2D eigenvalue weighted by Crippen LogP contribution is -2.21. The van der Waals surface area contributed by atoms with Crippen LogP contribution in [0.1, 0.15) is 17.1 Å². The quantitative estimate of drug-likeness (QED) is 0.377. The highest BCUT2D eigenvalue weighted by atomic mass is 19.4. The van der Waals surface area contributed by atoms with Gasteiger partial charge in [0.05, 0.1) is 30.6 Å². The predicted molar refractivity (Wildman–Crippen MR) is 109 cm³/mol. The SMILES string of the molecule is Fc1cc(-c2cc(CN3Cc4[nH]c(-c5cccc(F)c5F)nc4C=N3)on2)ccc1OC(F)(F)F. The van der Waals surface area contributed by atoms with Crippen molar-refractivity contribution in [3.05, 3.63) is 77.1 Å².